The lowest BCUT2D eigenvalue weighted by Crippen LogP contribution is -2.34. The second kappa shape index (κ2) is 5.90. The number of aromatic nitrogens is 3. The highest BCUT2D eigenvalue weighted by molar-refractivity contribution is 7.71. The monoisotopic (exact) mass is 330 g/mol. The van der Waals surface area contributed by atoms with E-state index in [1.54, 1.807) is 0 Å². The van der Waals surface area contributed by atoms with E-state index in [0.29, 0.717) is 24.0 Å². The molecule has 1 fully saturated rings. The third kappa shape index (κ3) is 2.82. The van der Waals surface area contributed by atoms with Crippen molar-refractivity contribution < 1.29 is 9.53 Å². The van der Waals surface area contributed by atoms with Crippen molar-refractivity contribution in [1.29, 1.82) is 0 Å². The first-order chi connectivity index (χ1) is 11.2. The van der Waals surface area contributed by atoms with Gasteiger partial charge in [0.15, 0.2) is 16.7 Å². The Morgan fingerprint density at radius 1 is 1.43 bits per heavy atom. The van der Waals surface area contributed by atoms with Gasteiger partial charge in [0, 0.05) is 6.04 Å². The molecule has 7 heteroatoms. The van der Waals surface area contributed by atoms with Crippen LogP contribution < -0.4 is 5.32 Å². The van der Waals surface area contributed by atoms with Gasteiger partial charge in [-0.3, -0.25) is 14.5 Å². The maximum atomic E-state index is 12.5. The number of fused-ring (bicyclic) bond motifs is 1. The van der Waals surface area contributed by atoms with Gasteiger partial charge in [0.2, 0.25) is 0 Å². The normalized spacial score (nSPS) is 20.1. The molecule has 2 aliphatic rings. The summed E-state index contributed by atoms with van der Waals surface area (Å²) in [6.45, 7) is 0.917. The van der Waals surface area contributed by atoms with Crippen molar-refractivity contribution in [2.75, 3.05) is 6.61 Å². The van der Waals surface area contributed by atoms with Crippen LogP contribution >= 0.6 is 12.2 Å². The Kier molecular flexibility index (Phi) is 3.74. The predicted molar refractivity (Wildman–Crippen MR) is 86.4 cm³/mol. The largest absolute Gasteiger partial charge is 0.363 e. The highest BCUT2D eigenvalue weighted by Crippen LogP contribution is 2.35. The Labute approximate surface area is 138 Å². The van der Waals surface area contributed by atoms with E-state index in [1.165, 1.54) is 5.56 Å². The van der Waals surface area contributed by atoms with Gasteiger partial charge in [-0.05, 0) is 42.6 Å². The van der Waals surface area contributed by atoms with Crippen LogP contribution in [0, 0.1) is 4.77 Å². The van der Waals surface area contributed by atoms with Gasteiger partial charge >= 0.3 is 0 Å². The highest BCUT2D eigenvalue weighted by Gasteiger charge is 2.29. The summed E-state index contributed by atoms with van der Waals surface area (Å²) in [6.07, 6.45) is 2.54. The first-order valence-corrected chi connectivity index (χ1v) is 8.28. The van der Waals surface area contributed by atoms with E-state index < -0.39 is 6.10 Å². The summed E-state index contributed by atoms with van der Waals surface area (Å²) >= 11 is 5.25. The zero-order valence-electron chi connectivity index (χ0n) is 12.6. The third-order valence-corrected chi connectivity index (χ3v) is 4.63. The summed E-state index contributed by atoms with van der Waals surface area (Å²) in [7, 11) is 0. The molecule has 0 unspecified atom stereocenters. The van der Waals surface area contributed by atoms with Gasteiger partial charge in [-0.1, -0.05) is 24.3 Å². The van der Waals surface area contributed by atoms with E-state index in [1.807, 2.05) is 22.8 Å². The molecule has 1 aliphatic carbocycles. The molecule has 1 atom stereocenters. The van der Waals surface area contributed by atoms with Crippen LogP contribution in [0.25, 0.3) is 0 Å². The fraction of sp³-hybridized carbons (Fsp3) is 0.438. The minimum absolute atomic E-state index is 0.131. The average molecular weight is 330 g/mol. The fourth-order valence-corrected chi connectivity index (χ4v) is 3.34. The van der Waals surface area contributed by atoms with Crippen molar-refractivity contribution in [2.24, 2.45) is 0 Å². The lowest BCUT2D eigenvalue weighted by atomic mass is 9.97. The van der Waals surface area contributed by atoms with Crippen molar-refractivity contribution in [3.63, 3.8) is 0 Å². The number of carbonyl (C=O) groups is 1. The SMILES string of the molecule is O=C(NCc1n[nH]c(=S)n1C1CC1)[C@@H]1OCCc2ccccc21. The third-order valence-electron chi connectivity index (χ3n) is 4.34. The molecule has 0 spiro atoms. The van der Waals surface area contributed by atoms with Crippen molar-refractivity contribution in [3.8, 4) is 0 Å². The number of aromatic amines is 1. The zero-order chi connectivity index (χ0) is 15.8. The summed E-state index contributed by atoms with van der Waals surface area (Å²) < 4.78 is 8.31. The molecule has 2 N–H and O–H groups in total. The average Bonchev–Trinajstić information content (AvgIpc) is 3.35. The number of benzene rings is 1. The van der Waals surface area contributed by atoms with Gasteiger partial charge in [0.25, 0.3) is 5.91 Å². The number of nitrogens with one attached hydrogen (secondary N) is 2. The molecule has 6 nitrogen and oxygen atoms in total. The maximum absolute atomic E-state index is 12.5. The molecule has 23 heavy (non-hydrogen) atoms. The van der Waals surface area contributed by atoms with Gasteiger partial charge in [-0.25, -0.2) is 0 Å². The van der Waals surface area contributed by atoms with Gasteiger partial charge in [-0.2, -0.15) is 5.10 Å². The summed E-state index contributed by atoms with van der Waals surface area (Å²) in [5.41, 5.74) is 2.14. The second-order valence-electron chi connectivity index (χ2n) is 5.96. The number of hydrogen-bond donors (Lipinski definition) is 2. The number of rotatable bonds is 4. The molecule has 0 saturated heterocycles. The van der Waals surface area contributed by atoms with Gasteiger partial charge < -0.3 is 10.1 Å². The Balaban J connectivity index is 1.48. The summed E-state index contributed by atoms with van der Waals surface area (Å²) in [5, 5.41) is 9.97. The molecule has 120 valence electrons. The Morgan fingerprint density at radius 3 is 3.09 bits per heavy atom. The van der Waals surface area contributed by atoms with Crippen molar-refractivity contribution in [1.82, 2.24) is 20.1 Å². The molecule has 0 bridgehead atoms. The number of hydrogen-bond acceptors (Lipinski definition) is 4. The van der Waals surface area contributed by atoms with Crippen LogP contribution in [0.5, 0.6) is 0 Å². The van der Waals surface area contributed by atoms with Gasteiger partial charge in [0.05, 0.1) is 13.2 Å². The summed E-state index contributed by atoms with van der Waals surface area (Å²) in [5.74, 6) is 0.642. The minimum Gasteiger partial charge on any atom is -0.363 e. The van der Waals surface area contributed by atoms with Gasteiger partial charge in [-0.15, -0.1) is 0 Å². The standard InChI is InChI=1S/C16H18N4O2S/c21-15(14-12-4-2-1-3-10(12)7-8-22-14)17-9-13-18-19-16(23)20(13)11-5-6-11/h1-4,11,14H,5-9H2,(H,17,21)(H,19,23)/t14-/m1/s1. The van der Waals surface area contributed by atoms with Gasteiger partial charge in [0.1, 0.15) is 0 Å². The molecule has 1 aromatic carbocycles. The molecule has 1 saturated carbocycles. The number of carbonyl (C=O) groups excluding carboxylic acids is 1. The molecule has 1 aliphatic heterocycles. The van der Waals surface area contributed by atoms with Crippen molar-refractivity contribution in [2.45, 2.75) is 38.0 Å². The molecule has 4 rings (SSSR count). The summed E-state index contributed by atoms with van der Waals surface area (Å²) in [6, 6.07) is 8.37. The lowest BCUT2D eigenvalue weighted by Gasteiger charge is -2.25. The smallest absolute Gasteiger partial charge is 0.254 e. The maximum Gasteiger partial charge on any atom is 0.254 e. The van der Waals surface area contributed by atoms with E-state index in [2.05, 4.69) is 21.6 Å². The number of amides is 1. The zero-order valence-corrected chi connectivity index (χ0v) is 13.4. The van der Waals surface area contributed by atoms with E-state index in [0.717, 1.165) is 30.7 Å². The van der Waals surface area contributed by atoms with E-state index in [4.69, 9.17) is 17.0 Å². The van der Waals surface area contributed by atoms with Crippen molar-refractivity contribution >= 4 is 18.1 Å². The molecule has 1 aromatic heterocycles. The summed E-state index contributed by atoms with van der Waals surface area (Å²) in [4.78, 5) is 12.5. The highest BCUT2D eigenvalue weighted by atomic mass is 32.1. The quantitative estimate of drug-likeness (QED) is 0.843. The molecule has 1 amide bonds. The lowest BCUT2D eigenvalue weighted by molar-refractivity contribution is -0.134. The van der Waals surface area contributed by atoms with E-state index in [-0.39, 0.29) is 5.91 Å². The molecular formula is C16H18N4O2S. The van der Waals surface area contributed by atoms with Crippen LogP contribution in [0.1, 0.15) is 41.9 Å². The Bertz CT molecular complexity index is 793. The number of H-pyrrole nitrogens is 1. The topological polar surface area (TPSA) is 71.9 Å². The first-order valence-electron chi connectivity index (χ1n) is 7.87. The Morgan fingerprint density at radius 2 is 2.26 bits per heavy atom. The molecule has 2 aromatic rings. The van der Waals surface area contributed by atoms with Crippen LogP contribution in [-0.4, -0.2) is 27.3 Å². The van der Waals surface area contributed by atoms with E-state index in [9.17, 15) is 4.79 Å². The van der Waals surface area contributed by atoms with Crippen LogP contribution in [0.4, 0.5) is 0 Å². The van der Waals surface area contributed by atoms with Crippen LogP contribution in [0.3, 0.4) is 0 Å². The predicted octanol–water partition coefficient (Wildman–Crippen LogP) is 2.21. The molecule has 2 heterocycles. The molecule has 0 radical (unpaired) electrons. The van der Waals surface area contributed by atoms with Crippen LogP contribution in [-0.2, 0) is 22.5 Å². The Hall–Kier alpha value is -1.99. The van der Waals surface area contributed by atoms with Crippen LogP contribution in [0.15, 0.2) is 24.3 Å². The van der Waals surface area contributed by atoms with E-state index >= 15 is 0 Å². The second-order valence-corrected chi connectivity index (χ2v) is 6.35. The van der Waals surface area contributed by atoms with Crippen molar-refractivity contribution in [3.05, 3.63) is 46.0 Å². The molecular weight excluding hydrogens is 312 g/mol. The number of nitrogens with zero attached hydrogens (tertiary/aromatic N) is 2. The fourth-order valence-electron chi connectivity index (χ4n) is 3.04. The van der Waals surface area contributed by atoms with Crippen LogP contribution in [0.2, 0.25) is 0 Å². The minimum atomic E-state index is -0.545. The number of ether oxygens (including phenoxy) is 1. The first kappa shape index (κ1) is 14.6.